The number of carbonyl (C=O) groups excluding carboxylic acids is 2. The predicted octanol–water partition coefficient (Wildman–Crippen LogP) is 3.87. The fraction of sp³-hybridized carbons (Fsp3) is 0.385. The molecular formula is C26H31NO7. The summed E-state index contributed by atoms with van der Waals surface area (Å²) in [7, 11) is 4.67. The van der Waals surface area contributed by atoms with Crippen LogP contribution in [0.15, 0.2) is 42.0 Å². The van der Waals surface area contributed by atoms with Gasteiger partial charge in [0.2, 0.25) is 0 Å². The largest absolute Gasteiger partial charge is 0.507 e. The van der Waals surface area contributed by atoms with Gasteiger partial charge in [-0.05, 0) is 61.7 Å². The van der Waals surface area contributed by atoms with Gasteiger partial charge >= 0.3 is 0 Å². The van der Waals surface area contributed by atoms with Gasteiger partial charge in [0.1, 0.15) is 11.5 Å². The summed E-state index contributed by atoms with van der Waals surface area (Å²) < 4.78 is 21.5. The van der Waals surface area contributed by atoms with Gasteiger partial charge in [0.05, 0.1) is 32.4 Å². The van der Waals surface area contributed by atoms with E-state index in [0.29, 0.717) is 48.0 Å². The molecule has 1 aliphatic rings. The van der Waals surface area contributed by atoms with E-state index in [1.54, 1.807) is 50.6 Å². The summed E-state index contributed by atoms with van der Waals surface area (Å²) in [6.07, 6.45) is 0.538. The minimum atomic E-state index is -0.788. The second-order valence-corrected chi connectivity index (χ2v) is 7.87. The predicted molar refractivity (Wildman–Crippen MR) is 127 cm³/mol. The molecule has 1 N–H and O–H groups in total. The molecule has 0 spiro atoms. The zero-order chi connectivity index (χ0) is 24.8. The number of ketones is 1. The standard InChI is InChI=1S/C26H31NO7/c1-6-34-20-11-8-17(15-21(20)33-5)23-22(25(29)26(30)27(23)12-7-13-31-3)24(28)18-9-10-19(32-4)16(2)14-18/h8-11,14-15,23,28H,6-7,12-13H2,1-5H3. The molecule has 0 aromatic heterocycles. The number of aliphatic hydroxyl groups is 1. The first-order valence-corrected chi connectivity index (χ1v) is 11.1. The first-order chi connectivity index (χ1) is 16.4. The van der Waals surface area contributed by atoms with E-state index in [1.165, 1.54) is 12.0 Å². The molecule has 8 heteroatoms. The first-order valence-electron chi connectivity index (χ1n) is 11.1. The number of likely N-dealkylation sites (tertiary alicyclic amines) is 1. The van der Waals surface area contributed by atoms with Crippen molar-refractivity contribution in [2.45, 2.75) is 26.3 Å². The lowest BCUT2D eigenvalue weighted by atomic mass is 9.94. The molecule has 2 aromatic carbocycles. The van der Waals surface area contributed by atoms with Crippen LogP contribution in [0, 0.1) is 6.92 Å². The minimum Gasteiger partial charge on any atom is -0.507 e. The molecular weight excluding hydrogens is 438 g/mol. The van der Waals surface area contributed by atoms with E-state index >= 15 is 0 Å². The van der Waals surface area contributed by atoms with E-state index in [4.69, 9.17) is 18.9 Å². The molecule has 0 saturated carbocycles. The molecule has 1 unspecified atom stereocenters. The zero-order valence-electron chi connectivity index (χ0n) is 20.2. The molecule has 1 heterocycles. The molecule has 34 heavy (non-hydrogen) atoms. The number of aryl methyl sites for hydroxylation is 1. The van der Waals surface area contributed by atoms with Crippen molar-refractivity contribution in [2.75, 3.05) is 41.1 Å². The van der Waals surface area contributed by atoms with Crippen LogP contribution in [0.1, 0.15) is 36.1 Å². The molecule has 1 amide bonds. The van der Waals surface area contributed by atoms with Crippen LogP contribution in [-0.4, -0.2) is 62.8 Å². The first kappa shape index (κ1) is 25.1. The highest BCUT2D eigenvalue weighted by molar-refractivity contribution is 6.46. The smallest absolute Gasteiger partial charge is 0.295 e. The van der Waals surface area contributed by atoms with Crippen LogP contribution >= 0.6 is 0 Å². The van der Waals surface area contributed by atoms with Gasteiger partial charge in [0.25, 0.3) is 11.7 Å². The second kappa shape index (κ2) is 11.1. The molecule has 8 nitrogen and oxygen atoms in total. The van der Waals surface area contributed by atoms with Crippen LogP contribution in [0.3, 0.4) is 0 Å². The van der Waals surface area contributed by atoms with Crippen LogP contribution in [-0.2, 0) is 14.3 Å². The maximum atomic E-state index is 13.2. The Bertz CT molecular complexity index is 1090. The highest BCUT2D eigenvalue weighted by Gasteiger charge is 2.46. The molecule has 3 rings (SSSR count). The minimum absolute atomic E-state index is 0.0261. The van der Waals surface area contributed by atoms with E-state index in [2.05, 4.69) is 0 Å². The maximum Gasteiger partial charge on any atom is 0.295 e. The van der Waals surface area contributed by atoms with Crippen molar-refractivity contribution < 1.29 is 33.6 Å². The van der Waals surface area contributed by atoms with Crippen molar-refractivity contribution in [3.8, 4) is 17.2 Å². The summed E-state index contributed by atoms with van der Waals surface area (Å²) in [6.45, 7) is 4.89. The summed E-state index contributed by atoms with van der Waals surface area (Å²) >= 11 is 0. The van der Waals surface area contributed by atoms with Crippen molar-refractivity contribution in [1.82, 2.24) is 4.90 Å². The molecule has 2 aromatic rings. The summed E-state index contributed by atoms with van der Waals surface area (Å²) in [6, 6.07) is 9.57. The third-order valence-corrected chi connectivity index (χ3v) is 5.76. The van der Waals surface area contributed by atoms with Gasteiger partial charge < -0.3 is 29.0 Å². The lowest BCUT2D eigenvalue weighted by Crippen LogP contribution is -2.31. The van der Waals surface area contributed by atoms with Gasteiger partial charge in [-0.25, -0.2) is 0 Å². The van der Waals surface area contributed by atoms with Gasteiger partial charge in [-0.2, -0.15) is 0 Å². The third-order valence-electron chi connectivity index (χ3n) is 5.76. The number of benzene rings is 2. The number of hydrogen-bond acceptors (Lipinski definition) is 7. The molecule has 1 saturated heterocycles. The molecule has 1 atom stereocenters. The summed E-state index contributed by atoms with van der Waals surface area (Å²) in [5, 5.41) is 11.2. The number of amides is 1. The zero-order valence-corrected chi connectivity index (χ0v) is 20.2. The van der Waals surface area contributed by atoms with Crippen molar-refractivity contribution in [3.05, 3.63) is 58.7 Å². The Balaban J connectivity index is 2.16. The number of rotatable bonds is 10. The van der Waals surface area contributed by atoms with Gasteiger partial charge in [0, 0.05) is 25.8 Å². The average Bonchev–Trinajstić information content (AvgIpc) is 3.09. The Hall–Kier alpha value is -3.52. The SMILES string of the molecule is CCOc1ccc(C2C(=C(O)c3ccc(OC)c(C)c3)C(=O)C(=O)N2CCCOC)cc1OC. The summed E-state index contributed by atoms with van der Waals surface area (Å²) in [4.78, 5) is 27.7. The van der Waals surface area contributed by atoms with Crippen LogP contribution in [0.25, 0.3) is 5.76 Å². The molecule has 0 bridgehead atoms. The highest BCUT2D eigenvalue weighted by Crippen LogP contribution is 2.42. The Morgan fingerprint density at radius 2 is 1.71 bits per heavy atom. The van der Waals surface area contributed by atoms with E-state index < -0.39 is 17.7 Å². The Labute approximate surface area is 199 Å². The molecule has 0 aliphatic carbocycles. The lowest BCUT2D eigenvalue weighted by Gasteiger charge is -2.26. The molecule has 0 radical (unpaired) electrons. The summed E-state index contributed by atoms with van der Waals surface area (Å²) in [5.74, 6) is 0.0422. The number of hydrogen-bond donors (Lipinski definition) is 1. The number of Topliss-reactive ketones (excluding diaryl/α,β-unsaturated/α-hetero) is 1. The van der Waals surface area contributed by atoms with E-state index in [-0.39, 0.29) is 17.9 Å². The van der Waals surface area contributed by atoms with Crippen LogP contribution in [0.4, 0.5) is 0 Å². The highest BCUT2D eigenvalue weighted by atomic mass is 16.5. The van der Waals surface area contributed by atoms with Gasteiger partial charge in [0.15, 0.2) is 11.5 Å². The van der Waals surface area contributed by atoms with Crippen molar-refractivity contribution in [3.63, 3.8) is 0 Å². The number of ether oxygens (including phenoxy) is 4. The number of nitrogens with zero attached hydrogens (tertiary/aromatic N) is 1. The molecule has 1 fully saturated rings. The number of methoxy groups -OCH3 is 3. The van der Waals surface area contributed by atoms with Crippen molar-refractivity contribution in [1.29, 1.82) is 0 Å². The number of carbonyl (C=O) groups is 2. The Morgan fingerprint density at radius 1 is 1.00 bits per heavy atom. The van der Waals surface area contributed by atoms with E-state index in [9.17, 15) is 14.7 Å². The lowest BCUT2D eigenvalue weighted by molar-refractivity contribution is -0.140. The van der Waals surface area contributed by atoms with Crippen molar-refractivity contribution in [2.24, 2.45) is 0 Å². The average molecular weight is 470 g/mol. The van der Waals surface area contributed by atoms with Crippen LogP contribution < -0.4 is 14.2 Å². The third kappa shape index (κ3) is 4.87. The van der Waals surface area contributed by atoms with Gasteiger partial charge in [-0.15, -0.1) is 0 Å². The normalized spacial score (nSPS) is 17.2. The molecule has 182 valence electrons. The fourth-order valence-corrected chi connectivity index (χ4v) is 4.15. The maximum absolute atomic E-state index is 13.2. The van der Waals surface area contributed by atoms with E-state index in [0.717, 1.165) is 5.56 Å². The van der Waals surface area contributed by atoms with Crippen molar-refractivity contribution >= 4 is 17.4 Å². The summed E-state index contributed by atoms with van der Waals surface area (Å²) in [5.41, 5.74) is 1.87. The van der Waals surface area contributed by atoms with Gasteiger partial charge in [-0.3, -0.25) is 9.59 Å². The van der Waals surface area contributed by atoms with E-state index in [1.807, 2.05) is 13.8 Å². The monoisotopic (exact) mass is 469 g/mol. The number of aliphatic hydroxyl groups excluding tert-OH is 1. The Morgan fingerprint density at radius 3 is 2.32 bits per heavy atom. The Kier molecular flexibility index (Phi) is 8.17. The topological polar surface area (TPSA) is 94.5 Å². The quantitative estimate of drug-likeness (QED) is 0.244. The van der Waals surface area contributed by atoms with Crippen LogP contribution in [0.2, 0.25) is 0 Å². The van der Waals surface area contributed by atoms with Gasteiger partial charge in [-0.1, -0.05) is 6.07 Å². The fourth-order valence-electron chi connectivity index (χ4n) is 4.15. The molecule has 1 aliphatic heterocycles. The van der Waals surface area contributed by atoms with Crippen LogP contribution in [0.5, 0.6) is 17.2 Å². The second-order valence-electron chi connectivity index (χ2n) is 7.87.